The van der Waals surface area contributed by atoms with Gasteiger partial charge in [-0.05, 0) is 24.3 Å². The molecule has 0 unspecified atom stereocenters. The van der Waals surface area contributed by atoms with Gasteiger partial charge in [0.15, 0.2) is 0 Å². The number of hydrogen-bond acceptors (Lipinski definition) is 6. The number of nitrogens with zero attached hydrogens (tertiary/aromatic N) is 3. The zero-order valence-electron chi connectivity index (χ0n) is 15.3. The summed E-state index contributed by atoms with van der Waals surface area (Å²) in [6, 6.07) is 2.40. The van der Waals surface area contributed by atoms with Crippen molar-refractivity contribution in [3.63, 3.8) is 0 Å². The molecule has 3 N–H and O–H groups in total. The van der Waals surface area contributed by atoms with Crippen molar-refractivity contribution < 1.29 is 31.4 Å². The normalized spacial score (nSPS) is 15.3. The Morgan fingerprint density at radius 1 is 1.03 bits per heavy atom. The summed E-state index contributed by atoms with van der Waals surface area (Å²) in [4.78, 5) is 24.5. The van der Waals surface area contributed by atoms with Crippen molar-refractivity contribution in [1.82, 2.24) is 15.0 Å². The van der Waals surface area contributed by atoms with Crippen molar-refractivity contribution in [1.29, 1.82) is 0 Å². The largest absolute Gasteiger partial charge is 0.416 e. The molecule has 164 valence electrons. The van der Waals surface area contributed by atoms with E-state index in [2.05, 4.69) is 20.3 Å². The fourth-order valence-corrected chi connectivity index (χ4v) is 3.09. The van der Waals surface area contributed by atoms with E-state index in [9.17, 15) is 36.2 Å². The van der Waals surface area contributed by atoms with Crippen LogP contribution in [-0.4, -0.2) is 39.3 Å². The number of pyridine rings is 1. The Bertz CT molecular complexity index is 1170. The second-order valence-corrected chi connectivity index (χ2v) is 6.92. The van der Waals surface area contributed by atoms with Gasteiger partial charge in [0.1, 0.15) is 11.2 Å². The van der Waals surface area contributed by atoms with Gasteiger partial charge >= 0.3 is 12.4 Å². The van der Waals surface area contributed by atoms with Gasteiger partial charge in [-0.25, -0.2) is 4.98 Å². The van der Waals surface area contributed by atoms with Crippen LogP contribution in [0.3, 0.4) is 0 Å². The Kier molecular flexibility index (Phi) is 4.80. The molecule has 1 fully saturated rings. The van der Waals surface area contributed by atoms with Crippen molar-refractivity contribution in [3.05, 3.63) is 51.9 Å². The zero-order valence-corrected chi connectivity index (χ0v) is 15.3. The lowest BCUT2D eigenvalue weighted by atomic mass is 10.1. The molecule has 31 heavy (non-hydrogen) atoms. The molecular weight excluding hydrogens is 432 g/mol. The van der Waals surface area contributed by atoms with Crippen LogP contribution in [0.4, 0.5) is 43.8 Å². The average molecular weight is 445 g/mol. The van der Waals surface area contributed by atoms with Crippen LogP contribution in [0.15, 0.2) is 35.3 Å². The van der Waals surface area contributed by atoms with Gasteiger partial charge < -0.3 is 20.3 Å². The Labute approximate surface area is 169 Å². The van der Waals surface area contributed by atoms with E-state index in [0.29, 0.717) is 12.1 Å². The minimum atomic E-state index is -5.03. The van der Waals surface area contributed by atoms with Gasteiger partial charge in [-0.1, -0.05) is 0 Å². The number of β-amino-alcohol motifs (C(OH)–C–C–N with tert-alkyl or cyclic N) is 1. The highest BCUT2D eigenvalue weighted by molar-refractivity contribution is 5.91. The number of rotatable bonds is 3. The predicted octanol–water partition coefficient (Wildman–Crippen LogP) is 3.28. The van der Waals surface area contributed by atoms with Crippen LogP contribution in [0.25, 0.3) is 10.9 Å². The molecule has 13 heteroatoms. The molecule has 0 amide bonds. The first-order valence-electron chi connectivity index (χ1n) is 8.81. The summed E-state index contributed by atoms with van der Waals surface area (Å²) >= 11 is 0. The standard InChI is InChI=1S/C18H13F6N5O2/c19-17(20,21)8-3-9(18(22,23)24)5-10(4-8)26-14-13-12(1-2-25-15(13)31)27-16(28-14)29-6-11(30)7-29/h1-5,11,30H,6-7H2,(H,25,31)(H,26,27,28). The number of alkyl halides is 6. The highest BCUT2D eigenvalue weighted by atomic mass is 19.4. The molecule has 1 aliphatic rings. The molecule has 0 atom stereocenters. The summed E-state index contributed by atoms with van der Waals surface area (Å²) in [5, 5.41) is 11.7. The van der Waals surface area contributed by atoms with Crippen LogP contribution in [0.2, 0.25) is 0 Å². The Morgan fingerprint density at radius 3 is 2.19 bits per heavy atom. The predicted molar refractivity (Wildman–Crippen MR) is 98.1 cm³/mol. The first-order valence-corrected chi connectivity index (χ1v) is 8.81. The minimum Gasteiger partial charge on any atom is -0.389 e. The fourth-order valence-electron chi connectivity index (χ4n) is 3.09. The van der Waals surface area contributed by atoms with Crippen molar-refractivity contribution in [3.8, 4) is 0 Å². The number of nitrogens with one attached hydrogen (secondary N) is 2. The number of fused-ring (bicyclic) bond motifs is 1. The highest BCUT2D eigenvalue weighted by Crippen LogP contribution is 2.38. The molecule has 0 spiro atoms. The smallest absolute Gasteiger partial charge is 0.389 e. The fraction of sp³-hybridized carbons (Fsp3) is 0.278. The molecule has 3 aromatic rings. The van der Waals surface area contributed by atoms with E-state index in [4.69, 9.17) is 0 Å². The highest BCUT2D eigenvalue weighted by Gasteiger charge is 2.37. The Balaban J connectivity index is 1.85. The lowest BCUT2D eigenvalue weighted by Gasteiger charge is -2.36. The minimum absolute atomic E-state index is 0.00293. The summed E-state index contributed by atoms with van der Waals surface area (Å²) in [6.45, 7) is 0.381. The summed E-state index contributed by atoms with van der Waals surface area (Å²) in [6.07, 6.45) is -9.38. The van der Waals surface area contributed by atoms with Gasteiger partial charge in [0.05, 0.1) is 22.7 Å². The number of hydrogen-bond donors (Lipinski definition) is 3. The first-order chi connectivity index (χ1) is 14.4. The first kappa shape index (κ1) is 20.9. The van der Waals surface area contributed by atoms with Gasteiger partial charge in [0, 0.05) is 25.0 Å². The van der Waals surface area contributed by atoms with E-state index < -0.39 is 40.8 Å². The monoisotopic (exact) mass is 445 g/mol. The second kappa shape index (κ2) is 7.11. The average Bonchev–Trinajstić information content (AvgIpc) is 2.63. The molecule has 1 aliphatic heterocycles. The number of aliphatic hydroxyl groups is 1. The molecular formula is C18H13F6N5O2. The van der Waals surface area contributed by atoms with Gasteiger partial charge in [0.2, 0.25) is 5.95 Å². The third-order valence-corrected chi connectivity index (χ3v) is 4.60. The number of aliphatic hydroxyl groups excluding tert-OH is 1. The number of aromatic amines is 1. The summed E-state index contributed by atoms with van der Waals surface area (Å²) in [5.41, 5.74) is -4.13. The lowest BCUT2D eigenvalue weighted by Crippen LogP contribution is -2.51. The quantitative estimate of drug-likeness (QED) is 0.536. The Morgan fingerprint density at radius 2 is 1.65 bits per heavy atom. The van der Waals surface area contributed by atoms with Crippen molar-refractivity contribution >= 4 is 28.4 Å². The molecule has 1 saturated heterocycles. The van der Waals surface area contributed by atoms with Crippen molar-refractivity contribution in [2.45, 2.75) is 18.5 Å². The van der Waals surface area contributed by atoms with Gasteiger partial charge in [0.25, 0.3) is 5.56 Å². The van der Waals surface area contributed by atoms with Crippen LogP contribution in [0.5, 0.6) is 0 Å². The van der Waals surface area contributed by atoms with Gasteiger partial charge in [-0.2, -0.15) is 31.3 Å². The van der Waals surface area contributed by atoms with Crippen LogP contribution in [-0.2, 0) is 12.4 Å². The lowest BCUT2D eigenvalue weighted by molar-refractivity contribution is -0.143. The number of H-pyrrole nitrogens is 1. The van der Waals surface area contributed by atoms with Gasteiger partial charge in [-0.15, -0.1) is 0 Å². The maximum Gasteiger partial charge on any atom is 0.416 e. The molecule has 7 nitrogen and oxygen atoms in total. The number of halogens is 6. The molecule has 0 bridgehead atoms. The molecule has 0 saturated carbocycles. The van der Waals surface area contributed by atoms with E-state index in [1.165, 1.54) is 12.3 Å². The molecule has 0 radical (unpaired) electrons. The van der Waals surface area contributed by atoms with Crippen molar-refractivity contribution in [2.24, 2.45) is 0 Å². The number of benzene rings is 1. The van der Waals surface area contributed by atoms with Gasteiger partial charge in [-0.3, -0.25) is 4.79 Å². The Hall–Kier alpha value is -3.35. The molecule has 4 rings (SSSR count). The van der Waals surface area contributed by atoms with Crippen LogP contribution in [0.1, 0.15) is 11.1 Å². The van der Waals surface area contributed by atoms with Crippen LogP contribution >= 0.6 is 0 Å². The number of aromatic nitrogens is 3. The van der Waals surface area contributed by atoms with E-state index in [-0.39, 0.29) is 41.8 Å². The van der Waals surface area contributed by atoms with E-state index in [1.807, 2.05) is 0 Å². The number of anilines is 3. The van der Waals surface area contributed by atoms with Crippen LogP contribution < -0.4 is 15.8 Å². The molecule has 0 aliphatic carbocycles. The van der Waals surface area contributed by atoms with E-state index in [0.717, 1.165) is 0 Å². The molecule has 1 aromatic carbocycles. The molecule has 2 aromatic heterocycles. The summed E-state index contributed by atoms with van der Waals surface area (Å²) in [5.74, 6) is -0.204. The summed E-state index contributed by atoms with van der Waals surface area (Å²) < 4.78 is 78.9. The third-order valence-electron chi connectivity index (χ3n) is 4.60. The van der Waals surface area contributed by atoms with Crippen molar-refractivity contribution in [2.75, 3.05) is 23.3 Å². The maximum absolute atomic E-state index is 13.1. The zero-order chi connectivity index (χ0) is 22.6. The summed E-state index contributed by atoms with van der Waals surface area (Å²) in [7, 11) is 0. The molecule has 3 heterocycles. The van der Waals surface area contributed by atoms with Crippen LogP contribution in [0, 0.1) is 0 Å². The van der Waals surface area contributed by atoms with E-state index >= 15 is 0 Å². The maximum atomic E-state index is 13.1. The van der Waals surface area contributed by atoms with E-state index in [1.54, 1.807) is 4.90 Å². The second-order valence-electron chi connectivity index (χ2n) is 6.92. The topological polar surface area (TPSA) is 94.1 Å². The SMILES string of the molecule is O=c1[nH]ccc2nc(N3CC(O)C3)nc(Nc3cc(C(F)(F)F)cc(C(F)(F)F)c3)c12. The third kappa shape index (κ3) is 4.13.